The zero-order valence-corrected chi connectivity index (χ0v) is 14.1. The van der Waals surface area contributed by atoms with E-state index in [2.05, 4.69) is 5.32 Å². The van der Waals surface area contributed by atoms with E-state index in [1.54, 1.807) is 13.1 Å². The van der Waals surface area contributed by atoms with Crippen LogP contribution in [0.1, 0.15) is 0 Å². The molecule has 0 bridgehead atoms. The van der Waals surface area contributed by atoms with Gasteiger partial charge in [0.2, 0.25) is 0 Å². The number of sulfone groups is 2. The number of nitrogens with one attached hydrogen (secondary N) is 1. The lowest BCUT2D eigenvalue weighted by Crippen LogP contribution is -2.07. The van der Waals surface area contributed by atoms with E-state index < -0.39 is 19.7 Å². The molecule has 0 fully saturated rings. The van der Waals surface area contributed by atoms with Gasteiger partial charge in [-0.2, -0.15) is 0 Å². The fourth-order valence-corrected chi connectivity index (χ4v) is 4.54. The van der Waals surface area contributed by atoms with E-state index >= 15 is 0 Å². The predicted molar refractivity (Wildman–Crippen MR) is 87.6 cm³/mol. The third kappa shape index (κ3) is 3.48. The molecule has 0 amide bonds. The van der Waals surface area contributed by atoms with Crippen LogP contribution in [-0.2, 0) is 19.7 Å². The maximum absolute atomic E-state index is 11.9. The molecule has 0 aromatic heterocycles. The Kier molecular flexibility index (Phi) is 4.30. The fraction of sp³-hybridized carbons (Fsp3) is 0.200. The normalized spacial score (nSPS) is 12.1. The molecule has 0 saturated heterocycles. The number of hydrogen-bond acceptors (Lipinski definition) is 5. The van der Waals surface area contributed by atoms with Crippen LogP contribution in [0.4, 0.5) is 5.69 Å². The van der Waals surface area contributed by atoms with Crippen LogP contribution in [0.3, 0.4) is 0 Å². The van der Waals surface area contributed by atoms with Crippen LogP contribution >= 0.6 is 0 Å². The van der Waals surface area contributed by atoms with Crippen LogP contribution in [0.25, 0.3) is 11.1 Å². The summed E-state index contributed by atoms with van der Waals surface area (Å²) in [5.74, 6) is 0. The van der Waals surface area contributed by atoms with Crippen LogP contribution in [0.15, 0.2) is 52.3 Å². The molecule has 0 heterocycles. The van der Waals surface area contributed by atoms with Crippen molar-refractivity contribution in [1.29, 1.82) is 0 Å². The minimum atomic E-state index is -3.65. The van der Waals surface area contributed by atoms with Crippen LogP contribution in [0.2, 0.25) is 0 Å². The van der Waals surface area contributed by atoms with Crippen LogP contribution in [0, 0.1) is 0 Å². The molecule has 0 unspecified atom stereocenters. The highest BCUT2D eigenvalue weighted by Gasteiger charge is 2.21. The third-order valence-corrected chi connectivity index (χ3v) is 5.67. The monoisotopic (exact) mass is 339 g/mol. The Balaban J connectivity index is 2.65. The van der Waals surface area contributed by atoms with Crippen molar-refractivity contribution in [3.8, 4) is 11.1 Å². The second kappa shape index (κ2) is 5.73. The topological polar surface area (TPSA) is 80.3 Å². The average Bonchev–Trinajstić information content (AvgIpc) is 2.45. The van der Waals surface area contributed by atoms with Gasteiger partial charge in [0.1, 0.15) is 0 Å². The smallest absolute Gasteiger partial charge is 0.176 e. The van der Waals surface area contributed by atoms with Gasteiger partial charge in [0, 0.05) is 25.2 Å². The molecule has 0 aliphatic carbocycles. The number of benzene rings is 2. The van der Waals surface area contributed by atoms with E-state index in [0.29, 0.717) is 5.56 Å². The summed E-state index contributed by atoms with van der Waals surface area (Å²) >= 11 is 0. The van der Waals surface area contributed by atoms with Crippen molar-refractivity contribution in [3.05, 3.63) is 42.5 Å². The van der Waals surface area contributed by atoms with Gasteiger partial charge in [-0.15, -0.1) is 0 Å². The lowest BCUT2D eigenvalue weighted by molar-refractivity contribution is 0.589. The first kappa shape index (κ1) is 16.5. The summed E-state index contributed by atoms with van der Waals surface area (Å²) < 4.78 is 47.3. The van der Waals surface area contributed by atoms with Gasteiger partial charge in [0.25, 0.3) is 0 Å². The van der Waals surface area contributed by atoms with Gasteiger partial charge < -0.3 is 5.32 Å². The zero-order valence-electron chi connectivity index (χ0n) is 12.5. The highest BCUT2D eigenvalue weighted by Crippen LogP contribution is 2.28. The molecule has 0 radical (unpaired) electrons. The van der Waals surface area contributed by atoms with Gasteiger partial charge in [-0.1, -0.05) is 18.2 Å². The van der Waals surface area contributed by atoms with Crippen molar-refractivity contribution in [2.24, 2.45) is 0 Å². The van der Waals surface area contributed by atoms with Gasteiger partial charge in [-0.25, -0.2) is 16.8 Å². The summed E-state index contributed by atoms with van der Waals surface area (Å²) in [7, 11) is -5.46. The van der Waals surface area contributed by atoms with Gasteiger partial charge in [-0.05, 0) is 35.4 Å². The van der Waals surface area contributed by atoms with Crippen molar-refractivity contribution in [1.82, 2.24) is 0 Å². The second-order valence-electron chi connectivity index (χ2n) is 5.03. The van der Waals surface area contributed by atoms with E-state index in [4.69, 9.17) is 0 Å². The third-order valence-electron chi connectivity index (χ3n) is 3.25. The highest BCUT2D eigenvalue weighted by molar-refractivity contribution is 7.93. The Morgan fingerprint density at radius 1 is 0.727 bits per heavy atom. The average molecular weight is 339 g/mol. The van der Waals surface area contributed by atoms with Gasteiger partial charge >= 0.3 is 0 Å². The molecule has 0 atom stereocenters. The first-order valence-electron chi connectivity index (χ1n) is 6.45. The molecule has 2 aromatic rings. The fourth-order valence-electron chi connectivity index (χ4n) is 2.11. The SMILES string of the molecule is CNc1ccc(-c2ccc(S(C)(=O)=O)c(S(C)(=O)=O)c2)cc1. The summed E-state index contributed by atoms with van der Waals surface area (Å²) in [6, 6.07) is 11.8. The summed E-state index contributed by atoms with van der Waals surface area (Å²) in [6.07, 6.45) is 2.00. The number of anilines is 1. The van der Waals surface area contributed by atoms with E-state index in [-0.39, 0.29) is 9.79 Å². The molecule has 22 heavy (non-hydrogen) atoms. The van der Waals surface area contributed by atoms with E-state index in [1.165, 1.54) is 12.1 Å². The Morgan fingerprint density at radius 2 is 1.23 bits per heavy atom. The molecular weight excluding hydrogens is 322 g/mol. The van der Waals surface area contributed by atoms with Gasteiger partial charge in [0.05, 0.1) is 9.79 Å². The molecule has 0 saturated carbocycles. The molecule has 0 spiro atoms. The van der Waals surface area contributed by atoms with E-state index in [9.17, 15) is 16.8 Å². The first-order chi connectivity index (χ1) is 10.1. The Hall–Kier alpha value is -1.86. The summed E-state index contributed by atoms with van der Waals surface area (Å²) in [5.41, 5.74) is 2.39. The molecule has 1 N–H and O–H groups in total. The molecular formula is C15H17NO4S2. The maximum atomic E-state index is 11.9. The van der Waals surface area contributed by atoms with E-state index in [1.807, 2.05) is 24.3 Å². The first-order valence-corrected chi connectivity index (χ1v) is 10.2. The van der Waals surface area contributed by atoms with E-state index in [0.717, 1.165) is 23.8 Å². The summed E-state index contributed by atoms with van der Waals surface area (Å²) in [6.45, 7) is 0. The van der Waals surface area contributed by atoms with Gasteiger partial charge in [0.15, 0.2) is 19.7 Å². The predicted octanol–water partition coefficient (Wildman–Crippen LogP) is 2.20. The lowest BCUT2D eigenvalue weighted by Gasteiger charge is -2.10. The molecule has 0 aliphatic heterocycles. The van der Waals surface area contributed by atoms with Crippen LogP contribution in [-0.4, -0.2) is 36.4 Å². The number of rotatable bonds is 4. The summed E-state index contributed by atoms with van der Waals surface area (Å²) in [5, 5.41) is 3.00. The Bertz CT molecular complexity index is 899. The second-order valence-corrected chi connectivity index (χ2v) is 9.00. The van der Waals surface area contributed by atoms with Crippen molar-refractivity contribution in [2.45, 2.75) is 9.79 Å². The molecule has 5 nitrogen and oxygen atoms in total. The molecule has 0 aliphatic rings. The molecule has 2 rings (SSSR count). The molecule has 7 heteroatoms. The van der Waals surface area contributed by atoms with Crippen molar-refractivity contribution < 1.29 is 16.8 Å². The molecule has 2 aromatic carbocycles. The minimum Gasteiger partial charge on any atom is -0.388 e. The quantitative estimate of drug-likeness (QED) is 0.924. The van der Waals surface area contributed by atoms with Gasteiger partial charge in [-0.3, -0.25) is 0 Å². The maximum Gasteiger partial charge on any atom is 0.176 e. The van der Waals surface area contributed by atoms with Crippen molar-refractivity contribution >= 4 is 25.4 Å². The zero-order chi connectivity index (χ0) is 16.5. The van der Waals surface area contributed by atoms with Crippen molar-refractivity contribution in [3.63, 3.8) is 0 Å². The van der Waals surface area contributed by atoms with Crippen LogP contribution in [0.5, 0.6) is 0 Å². The summed E-state index contributed by atoms with van der Waals surface area (Å²) in [4.78, 5) is -0.351. The minimum absolute atomic E-state index is 0.175. The van der Waals surface area contributed by atoms with Crippen molar-refractivity contribution in [2.75, 3.05) is 24.9 Å². The Morgan fingerprint density at radius 3 is 1.68 bits per heavy atom. The number of hydrogen-bond donors (Lipinski definition) is 1. The molecule has 118 valence electrons. The lowest BCUT2D eigenvalue weighted by atomic mass is 10.1. The standard InChI is InChI=1S/C15H17NO4S2/c1-16-13-7-4-11(5-8-13)12-6-9-14(21(2,17)18)15(10-12)22(3,19)20/h4-10,16H,1-3H3. The highest BCUT2D eigenvalue weighted by atomic mass is 32.2. The van der Waals surface area contributed by atoms with Crippen LogP contribution < -0.4 is 5.32 Å². The Labute approximate surface area is 130 Å². The largest absolute Gasteiger partial charge is 0.388 e.